The topological polar surface area (TPSA) is 41.6 Å². The lowest BCUT2D eigenvalue weighted by Gasteiger charge is -2.26. The fourth-order valence-electron chi connectivity index (χ4n) is 3.93. The minimum atomic E-state index is 0. The number of carbonyl (C=O) groups excluding carboxylic acids is 1. The first-order valence-corrected chi connectivity index (χ1v) is 8.90. The van der Waals surface area contributed by atoms with Crippen LogP contribution in [0.3, 0.4) is 0 Å². The molecule has 4 nitrogen and oxygen atoms in total. The fraction of sp³-hybridized carbons (Fsp3) is 0.632. The summed E-state index contributed by atoms with van der Waals surface area (Å²) in [4.78, 5) is 14.8. The average Bonchev–Trinajstić information content (AvgIpc) is 3.25. The molecule has 1 N–H and O–H groups in total. The Balaban J connectivity index is 0.00000208. The molecule has 0 radical (unpaired) electrons. The fourth-order valence-corrected chi connectivity index (χ4v) is 3.93. The molecule has 0 bridgehead atoms. The van der Waals surface area contributed by atoms with E-state index in [-0.39, 0.29) is 12.4 Å². The van der Waals surface area contributed by atoms with Gasteiger partial charge in [-0.2, -0.15) is 0 Å². The van der Waals surface area contributed by atoms with E-state index in [0.29, 0.717) is 24.3 Å². The van der Waals surface area contributed by atoms with Crippen molar-refractivity contribution in [3.05, 3.63) is 29.8 Å². The first kappa shape index (κ1) is 19.1. The van der Waals surface area contributed by atoms with Crippen molar-refractivity contribution in [2.24, 2.45) is 5.92 Å². The second-order valence-electron chi connectivity index (χ2n) is 6.80. The lowest BCUT2D eigenvalue weighted by Crippen LogP contribution is -2.37. The number of likely N-dealkylation sites (tertiary alicyclic amines) is 1. The van der Waals surface area contributed by atoms with Gasteiger partial charge in [0.1, 0.15) is 5.75 Å². The van der Waals surface area contributed by atoms with Crippen LogP contribution in [0.25, 0.3) is 0 Å². The molecule has 134 valence electrons. The van der Waals surface area contributed by atoms with Gasteiger partial charge in [0.25, 0.3) is 0 Å². The molecule has 2 aliphatic heterocycles. The van der Waals surface area contributed by atoms with E-state index in [1.165, 1.54) is 12.0 Å². The van der Waals surface area contributed by atoms with Crippen LogP contribution in [0.1, 0.15) is 37.7 Å². The van der Waals surface area contributed by atoms with Crippen molar-refractivity contribution in [1.82, 2.24) is 10.2 Å². The van der Waals surface area contributed by atoms with Crippen LogP contribution in [0.2, 0.25) is 0 Å². The van der Waals surface area contributed by atoms with Crippen LogP contribution in [0.4, 0.5) is 0 Å². The van der Waals surface area contributed by atoms with Crippen molar-refractivity contribution < 1.29 is 9.53 Å². The Kier molecular flexibility index (Phi) is 7.38. The van der Waals surface area contributed by atoms with Crippen LogP contribution in [0.15, 0.2) is 24.3 Å². The number of hydrogen-bond donors (Lipinski definition) is 1. The monoisotopic (exact) mass is 352 g/mol. The van der Waals surface area contributed by atoms with Gasteiger partial charge in [-0.15, -0.1) is 12.4 Å². The van der Waals surface area contributed by atoms with Crippen molar-refractivity contribution in [2.75, 3.05) is 26.7 Å². The van der Waals surface area contributed by atoms with Crippen LogP contribution in [-0.4, -0.2) is 43.6 Å². The molecule has 24 heavy (non-hydrogen) atoms. The van der Waals surface area contributed by atoms with Gasteiger partial charge < -0.3 is 15.0 Å². The molecule has 1 aromatic carbocycles. The maximum atomic E-state index is 12.6. The summed E-state index contributed by atoms with van der Waals surface area (Å²) in [6.45, 7) is 3.11. The largest absolute Gasteiger partial charge is 0.496 e. The summed E-state index contributed by atoms with van der Waals surface area (Å²) in [7, 11) is 1.71. The highest BCUT2D eigenvalue weighted by atomic mass is 35.5. The quantitative estimate of drug-likeness (QED) is 0.855. The van der Waals surface area contributed by atoms with Crippen molar-refractivity contribution in [2.45, 2.75) is 44.6 Å². The predicted molar refractivity (Wildman–Crippen MR) is 98.9 cm³/mol. The zero-order valence-corrected chi connectivity index (χ0v) is 15.3. The standard InChI is InChI=1S/C19H28N2O2.ClH/c1-23-18-7-3-2-5-16(18)13-17-6-4-12-21(17)19(22)9-8-15-10-11-20-14-15;/h2-3,5,7,15,17,20H,4,6,8-14H2,1H3;1H. The van der Waals surface area contributed by atoms with Crippen LogP contribution in [0, 0.1) is 5.92 Å². The first-order valence-electron chi connectivity index (χ1n) is 8.90. The summed E-state index contributed by atoms with van der Waals surface area (Å²) in [5.74, 6) is 1.97. The van der Waals surface area contributed by atoms with Crippen molar-refractivity contribution in [3.8, 4) is 5.75 Å². The molecular formula is C19H29ClN2O2. The van der Waals surface area contributed by atoms with E-state index in [1.807, 2.05) is 18.2 Å². The summed E-state index contributed by atoms with van der Waals surface area (Å²) in [5, 5.41) is 3.38. The van der Waals surface area contributed by atoms with E-state index in [1.54, 1.807) is 7.11 Å². The van der Waals surface area contributed by atoms with E-state index in [4.69, 9.17) is 4.74 Å². The van der Waals surface area contributed by atoms with Crippen LogP contribution < -0.4 is 10.1 Å². The highest BCUT2D eigenvalue weighted by Gasteiger charge is 2.29. The molecule has 2 fully saturated rings. The number of rotatable bonds is 6. The Morgan fingerprint density at radius 1 is 1.33 bits per heavy atom. The predicted octanol–water partition coefficient (Wildman–Crippen LogP) is 3.04. The highest BCUT2D eigenvalue weighted by Crippen LogP contribution is 2.27. The Morgan fingerprint density at radius 2 is 2.17 bits per heavy atom. The number of hydrogen-bond acceptors (Lipinski definition) is 3. The molecule has 3 rings (SSSR count). The molecule has 0 aromatic heterocycles. The highest BCUT2D eigenvalue weighted by molar-refractivity contribution is 5.85. The van der Waals surface area contributed by atoms with Gasteiger partial charge in [0.05, 0.1) is 7.11 Å². The Bertz CT molecular complexity index is 532. The number of para-hydroxylation sites is 1. The molecule has 2 saturated heterocycles. The third-order valence-electron chi connectivity index (χ3n) is 5.27. The van der Waals surface area contributed by atoms with E-state index >= 15 is 0 Å². The van der Waals surface area contributed by atoms with Gasteiger partial charge in [0, 0.05) is 19.0 Å². The lowest BCUT2D eigenvalue weighted by atomic mass is 10.0. The molecule has 0 saturated carbocycles. The zero-order valence-electron chi connectivity index (χ0n) is 14.5. The number of amides is 1. The van der Waals surface area contributed by atoms with E-state index in [9.17, 15) is 4.79 Å². The van der Waals surface area contributed by atoms with Gasteiger partial charge in [0.2, 0.25) is 5.91 Å². The lowest BCUT2D eigenvalue weighted by molar-refractivity contribution is -0.132. The molecule has 2 aliphatic rings. The molecule has 0 aliphatic carbocycles. The number of methoxy groups -OCH3 is 1. The number of nitrogens with one attached hydrogen (secondary N) is 1. The number of carbonyl (C=O) groups is 1. The first-order chi connectivity index (χ1) is 11.3. The number of benzene rings is 1. The molecular weight excluding hydrogens is 324 g/mol. The van der Waals surface area contributed by atoms with Gasteiger partial charge in [-0.1, -0.05) is 18.2 Å². The van der Waals surface area contributed by atoms with Gasteiger partial charge in [-0.05, 0) is 62.7 Å². The minimum Gasteiger partial charge on any atom is -0.496 e. The van der Waals surface area contributed by atoms with Crippen molar-refractivity contribution in [3.63, 3.8) is 0 Å². The summed E-state index contributed by atoms with van der Waals surface area (Å²) in [6, 6.07) is 8.50. The van der Waals surface area contributed by atoms with E-state index < -0.39 is 0 Å². The SMILES string of the molecule is COc1ccccc1CC1CCCN1C(=O)CCC1CCNC1.Cl. The molecule has 0 spiro atoms. The maximum absolute atomic E-state index is 12.6. The van der Waals surface area contributed by atoms with Gasteiger partial charge >= 0.3 is 0 Å². The molecule has 1 aromatic rings. The van der Waals surface area contributed by atoms with Gasteiger partial charge in [0.15, 0.2) is 0 Å². The summed E-state index contributed by atoms with van der Waals surface area (Å²) in [6.07, 6.45) is 6.09. The van der Waals surface area contributed by atoms with Crippen LogP contribution >= 0.6 is 12.4 Å². The normalized spacial score (nSPS) is 23.1. The van der Waals surface area contributed by atoms with Crippen LogP contribution in [-0.2, 0) is 11.2 Å². The van der Waals surface area contributed by atoms with Gasteiger partial charge in [-0.25, -0.2) is 0 Å². The zero-order chi connectivity index (χ0) is 16.1. The Labute approximate surface area is 151 Å². The van der Waals surface area contributed by atoms with Crippen molar-refractivity contribution >= 4 is 18.3 Å². The molecule has 5 heteroatoms. The average molecular weight is 353 g/mol. The van der Waals surface area contributed by atoms with Crippen LogP contribution in [0.5, 0.6) is 5.75 Å². The smallest absolute Gasteiger partial charge is 0.222 e. The number of halogens is 1. The second-order valence-corrected chi connectivity index (χ2v) is 6.80. The molecule has 2 atom stereocenters. The molecule has 1 amide bonds. The van der Waals surface area contributed by atoms with Gasteiger partial charge in [-0.3, -0.25) is 4.79 Å². The van der Waals surface area contributed by atoms with E-state index in [0.717, 1.165) is 51.1 Å². The third-order valence-corrected chi connectivity index (χ3v) is 5.27. The summed E-state index contributed by atoms with van der Waals surface area (Å²) < 4.78 is 5.46. The maximum Gasteiger partial charge on any atom is 0.222 e. The minimum absolute atomic E-state index is 0. The summed E-state index contributed by atoms with van der Waals surface area (Å²) in [5.41, 5.74) is 1.21. The molecule has 2 unspecified atom stereocenters. The number of nitrogens with zero attached hydrogens (tertiary/aromatic N) is 1. The third kappa shape index (κ3) is 4.64. The Morgan fingerprint density at radius 3 is 2.92 bits per heavy atom. The summed E-state index contributed by atoms with van der Waals surface area (Å²) >= 11 is 0. The van der Waals surface area contributed by atoms with Crippen molar-refractivity contribution in [1.29, 1.82) is 0 Å². The Hall–Kier alpha value is -1.26. The number of ether oxygens (including phenoxy) is 1. The molecule has 2 heterocycles. The second kappa shape index (κ2) is 9.28. The van der Waals surface area contributed by atoms with E-state index in [2.05, 4.69) is 16.3 Å².